The maximum absolute atomic E-state index is 5.39. The molecule has 0 saturated carbocycles. The molecule has 0 amide bonds. The van der Waals surface area contributed by atoms with Crippen molar-refractivity contribution in [1.29, 1.82) is 0 Å². The van der Waals surface area contributed by atoms with Crippen LogP contribution in [0.3, 0.4) is 0 Å². The summed E-state index contributed by atoms with van der Waals surface area (Å²) in [6, 6.07) is 16.8. The number of hydrogen-bond acceptors (Lipinski definition) is 4. The molecule has 1 aliphatic heterocycles. The minimum atomic E-state index is 0.385. The summed E-state index contributed by atoms with van der Waals surface area (Å²) >= 11 is 0. The highest BCUT2D eigenvalue weighted by atomic mass is 16.5. The third-order valence-electron chi connectivity index (χ3n) is 5.04. The molecule has 0 aliphatic carbocycles. The van der Waals surface area contributed by atoms with Crippen LogP contribution in [0.15, 0.2) is 53.5 Å². The van der Waals surface area contributed by atoms with Gasteiger partial charge in [0, 0.05) is 38.3 Å². The molecule has 29 heavy (non-hydrogen) atoms. The summed E-state index contributed by atoms with van der Waals surface area (Å²) in [6.45, 7) is 6.53. The first-order chi connectivity index (χ1) is 14.2. The fourth-order valence-electron chi connectivity index (χ4n) is 3.58. The predicted molar refractivity (Wildman–Crippen MR) is 118 cm³/mol. The van der Waals surface area contributed by atoms with E-state index in [1.807, 2.05) is 24.3 Å². The van der Waals surface area contributed by atoms with Gasteiger partial charge in [-0.05, 0) is 36.6 Å². The van der Waals surface area contributed by atoms with Crippen molar-refractivity contribution in [3.63, 3.8) is 0 Å². The molecule has 6 heteroatoms. The molecule has 3 rings (SSSR count). The highest BCUT2D eigenvalue weighted by Crippen LogP contribution is 2.24. The molecular weight excluding hydrogens is 364 g/mol. The molecule has 1 fully saturated rings. The Kier molecular flexibility index (Phi) is 7.76. The maximum atomic E-state index is 5.39. The number of rotatable bonds is 8. The van der Waals surface area contributed by atoms with E-state index < -0.39 is 0 Å². The molecular formula is C23H32N4O2. The van der Waals surface area contributed by atoms with E-state index in [0.29, 0.717) is 12.6 Å². The highest BCUT2D eigenvalue weighted by Gasteiger charge is 2.23. The predicted octanol–water partition coefficient (Wildman–Crippen LogP) is 3.03. The Labute approximate surface area is 173 Å². The first-order valence-corrected chi connectivity index (χ1v) is 10.2. The van der Waals surface area contributed by atoms with Gasteiger partial charge in [0.1, 0.15) is 11.5 Å². The Morgan fingerprint density at radius 1 is 1.07 bits per heavy atom. The molecule has 0 bridgehead atoms. The molecule has 2 aromatic carbocycles. The maximum Gasteiger partial charge on any atom is 0.191 e. The molecule has 1 atom stereocenters. The van der Waals surface area contributed by atoms with Crippen molar-refractivity contribution in [2.75, 3.05) is 33.9 Å². The van der Waals surface area contributed by atoms with Gasteiger partial charge in [0.25, 0.3) is 0 Å². The van der Waals surface area contributed by atoms with Crippen molar-refractivity contribution in [2.45, 2.75) is 32.5 Å². The van der Waals surface area contributed by atoms with Gasteiger partial charge in [-0.25, -0.2) is 4.99 Å². The summed E-state index contributed by atoms with van der Waals surface area (Å²) in [7, 11) is 3.37. The van der Waals surface area contributed by atoms with Gasteiger partial charge in [0.2, 0.25) is 0 Å². The molecule has 0 spiro atoms. The second kappa shape index (κ2) is 10.7. The van der Waals surface area contributed by atoms with Crippen LogP contribution in [-0.2, 0) is 13.1 Å². The van der Waals surface area contributed by atoms with Crippen molar-refractivity contribution >= 4 is 5.96 Å². The lowest BCUT2D eigenvalue weighted by Crippen LogP contribution is -2.44. The fourth-order valence-corrected chi connectivity index (χ4v) is 3.58. The molecule has 6 nitrogen and oxygen atoms in total. The van der Waals surface area contributed by atoms with Gasteiger partial charge in [-0.3, -0.25) is 4.90 Å². The molecule has 0 radical (unpaired) electrons. The van der Waals surface area contributed by atoms with E-state index in [-0.39, 0.29) is 0 Å². The zero-order chi connectivity index (χ0) is 20.5. The van der Waals surface area contributed by atoms with Crippen LogP contribution in [0.25, 0.3) is 0 Å². The lowest BCUT2D eigenvalue weighted by molar-refractivity contribution is 0.321. The summed E-state index contributed by atoms with van der Waals surface area (Å²) in [5, 5.41) is 6.96. The molecule has 1 heterocycles. The number of guanidine groups is 1. The third kappa shape index (κ3) is 6.39. The molecule has 2 N–H and O–H groups in total. The van der Waals surface area contributed by atoms with Crippen molar-refractivity contribution < 1.29 is 9.47 Å². The van der Waals surface area contributed by atoms with E-state index >= 15 is 0 Å². The van der Waals surface area contributed by atoms with Crippen LogP contribution >= 0.6 is 0 Å². The van der Waals surface area contributed by atoms with Crippen LogP contribution in [-0.4, -0.2) is 50.8 Å². The number of aliphatic imine (C=N–C) groups is 1. The zero-order valence-electron chi connectivity index (χ0n) is 17.6. The number of nitrogens with one attached hydrogen (secondary N) is 2. The van der Waals surface area contributed by atoms with Crippen LogP contribution < -0.4 is 20.1 Å². The standard InChI is InChI=1S/C23H32N4O2/c1-4-24-23(25-15-18-8-6-5-7-9-18)26-20-10-11-27(17-20)16-19-12-21(28-2)14-22(13-19)29-3/h5-9,12-14,20H,4,10-11,15-17H2,1-3H3,(H2,24,25,26). The van der Waals surface area contributed by atoms with Gasteiger partial charge in [-0.1, -0.05) is 30.3 Å². The van der Waals surface area contributed by atoms with Crippen molar-refractivity contribution in [1.82, 2.24) is 15.5 Å². The molecule has 156 valence electrons. The van der Waals surface area contributed by atoms with Gasteiger partial charge in [-0.15, -0.1) is 0 Å². The van der Waals surface area contributed by atoms with E-state index in [1.54, 1.807) is 14.2 Å². The molecule has 1 unspecified atom stereocenters. The summed E-state index contributed by atoms with van der Waals surface area (Å²) in [6.07, 6.45) is 1.09. The summed E-state index contributed by atoms with van der Waals surface area (Å²) < 4.78 is 10.8. The molecule has 1 saturated heterocycles. The van der Waals surface area contributed by atoms with E-state index in [1.165, 1.54) is 11.1 Å². The number of benzene rings is 2. The number of likely N-dealkylation sites (tertiary alicyclic amines) is 1. The van der Waals surface area contributed by atoms with Crippen molar-refractivity contribution in [3.05, 3.63) is 59.7 Å². The Morgan fingerprint density at radius 3 is 2.45 bits per heavy atom. The second-order valence-corrected chi connectivity index (χ2v) is 7.27. The monoisotopic (exact) mass is 396 g/mol. The topological polar surface area (TPSA) is 58.1 Å². The Hall–Kier alpha value is -2.73. The van der Waals surface area contributed by atoms with Crippen LogP contribution in [0.2, 0.25) is 0 Å². The smallest absolute Gasteiger partial charge is 0.191 e. The highest BCUT2D eigenvalue weighted by molar-refractivity contribution is 5.80. The fraction of sp³-hybridized carbons (Fsp3) is 0.435. The average Bonchev–Trinajstić information content (AvgIpc) is 3.19. The average molecular weight is 397 g/mol. The van der Waals surface area contributed by atoms with E-state index in [4.69, 9.17) is 14.5 Å². The normalized spacial score (nSPS) is 17.2. The van der Waals surface area contributed by atoms with Crippen LogP contribution in [0, 0.1) is 0 Å². The molecule has 2 aromatic rings. The van der Waals surface area contributed by atoms with Crippen LogP contribution in [0.1, 0.15) is 24.5 Å². The minimum absolute atomic E-state index is 0.385. The molecule has 0 aromatic heterocycles. The van der Waals surface area contributed by atoms with E-state index in [2.05, 4.69) is 46.7 Å². The summed E-state index contributed by atoms with van der Waals surface area (Å²) in [5.74, 6) is 2.54. The minimum Gasteiger partial charge on any atom is -0.497 e. The van der Waals surface area contributed by atoms with Gasteiger partial charge in [0.15, 0.2) is 5.96 Å². The number of ether oxygens (including phenoxy) is 2. The Morgan fingerprint density at radius 2 is 1.79 bits per heavy atom. The second-order valence-electron chi connectivity index (χ2n) is 7.27. The first kappa shape index (κ1) is 21.0. The lowest BCUT2D eigenvalue weighted by Gasteiger charge is -2.19. The Bertz CT molecular complexity index is 772. The number of hydrogen-bond donors (Lipinski definition) is 2. The largest absolute Gasteiger partial charge is 0.497 e. The summed E-state index contributed by atoms with van der Waals surface area (Å²) in [4.78, 5) is 7.20. The SMILES string of the molecule is CCNC(=NCc1ccccc1)NC1CCN(Cc2cc(OC)cc(OC)c2)C1. The first-order valence-electron chi connectivity index (χ1n) is 10.2. The van der Waals surface area contributed by atoms with E-state index in [9.17, 15) is 0 Å². The van der Waals surface area contributed by atoms with Gasteiger partial charge in [-0.2, -0.15) is 0 Å². The van der Waals surface area contributed by atoms with Crippen LogP contribution in [0.5, 0.6) is 11.5 Å². The van der Waals surface area contributed by atoms with E-state index in [0.717, 1.165) is 50.1 Å². The van der Waals surface area contributed by atoms with Gasteiger partial charge < -0.3 is 20.1 Å². The number of nitrogens with zero attached hydrogens (tertiary/aromatic N) is 2. The van der Waals surface area contributed by atoms with Crippen molar-refractivity contribution in [3.8, 4) is 11.5 Å². The van der Waals surface area contributed by atoms with Gasteiger partial charge in [0.05, 0.1) is 20.8 Å². The van der Waals surface area contributed by atoms with Crippen LogP contribution in [0.4, 0.5) is 0 Å². The zero-order valence-corrected chi connectivity index (χ0v) is 17.6. The van der Waals surface area contributed by atoms with Gasteiger partial charge >= 0.3 is 0 Å². The third-order valence-corrected chi connectivity index (χ3v) is 5.04. The lowest BCUT2D eigenvalue weighted by atomic mass is 10.2. The quantitative estimate of drug-likeness (QED) is 0.531. The van der Waals surface area contributed by atoms with Crippen molar-refractivity contribution in [2.24, 2.45) is 4.99 Å². The molecule has 1 aliphatic rings. The summed E-state index contributed by atoms with van der Waals surface area (Å²) in [5.41, 5.74) is 2.41. The Balaban J connectivity index is 1.56. The number of methoxy groups -OCH3 is 2.